The second-order valence-electron chi connectivity index (χ2n) is 4.27. The summed E-state index contributed by atoms with van der Waals surface area (Å²) in [5.41, 5.74) is 1.88. The van der Waals surface area contributed by atoms with E-state index in [1.54, 1.807) is 24.3 Å². The summed E-state index contributed by atoms with van der Waals surface area (Å²) in [5, 5.41) is 23.8. The average Bonchev–Trinajstić information content (AvgIpc) is 2.56. The van der Waals surface area contributed by atoms with Crippen LogP contribution in [0.2, 0.25) is 5.02 Å². The van der Waals surface area contributed by atoms with E-state index in [0.29, 0.717) is 0 Å². The molecule has 0 radical (unpaired) electrons. The van der Waals surface area contributed by atoms with E-state index < -0.39 is 16.4 Å². The molecule has 1 N–H and O–H groups in total. The number of hydrazone groups is 1. The number of nitrogens with zero attached hydrogens (tertiary/aromatic N) is 3. The Morgan fingerprint density at radius 3 is 2.52 bits per heavy atom. The van der Waals surface area contributed by atoms with Crippen LogP contribution in [0.1, 0.15) is 10.4 Å². The SMILES string of the molecule is N#CC(=NNc1ccccc1[N+](=O)[O-])C(=O)c1ccccc1Cl. The van der Waals surface area contributed by atoms with Gasteiger partial charge in [0.05, 0.1) is 9.95 Å². The fraction of sp³-hybridized carbons (Fsp3) is 0. The molecule has 0 aliphatic carbocycles. The minimum atomic E-state index is -0.677. The van der Waals surface area contributed by atoms with Gasteiger partial charge in [-0.15, -0.1) is 0 Å². The van der Waals surface area contributed by atoms with Crippen molar-refractivity contribution in [1.29, 1.82) is 5.26 Å². The second-order valence-corrected chi connectivity index (χ2v) is 4.67. The first-order valence-electron chi connectivity index (χ1n) is 6.31. The van der Waals surface area contributed by atoms with Crippen molar-refractivity contribution in [3.05, 3.63) is 69.2 Å². The lowest BCUT2D eigenvalue weighted by molar-refractivity contribution is -0.384. The summed E-state index contributed by atoms with van der Waals surface area (Å²) in [6, 6.07) is 13.6. The van der Waals surface area contributed by atoms with E-state index in [0.717, 1.165) is 0 Å². The van der Waals surface area contributed by atoms with Gasteiger partial charge >= 0.3 is 0 Å². The minimum absolute atomic E-state index is 0.0669. The molecule has 2 rings (SSSR count). The fourth-order valence-corrected chi connectivity index (χ4v) is 1.96. The number of anilines is 1. The number of halogens is 1. The highest BCUT2D eigenvalue weighted by atomic mass is 35.5. The Bertz CT molecular complexity index is 843. The third-order valence-electron chi connectivity index (χ3n) is 2.83. The topological polar surface area (TPSA) is 108 Å². The standard InChI is InChI=1S/C15H9ClN4O3/c16-11-6-2-1-5-10(11)15(21)13(9-17)19-18-12-7-3-4-8-14(12)20(22)23/h1-8,18H. The minimum Gasteiger partial charge on any atom is -0.286 e. The fourth-order valence-electron chi connectivity index (χ4n) is 1.74. The van der Waals surface area contributed by atoms with Crippen LogP contribution >= 0.6 is 11.6 Å². The number of ketones is 1. The zero-order chi connectivity index (χ0) is 16.8. The molecule has 0 spiro atoms. The number of para-hydroxylation sites is 2. The predicted molar refractivity (Wildman–Crippen MR) is 85.5 cm³/mol. The lowest BCUT2D eigenvalue weighted by Gasteiger charge is -2.03. The first-order chi connectivity index (χ1) is 11.0. The normalized spacial score (nSPS) is 10.7. The number of Topliss-reactive ketones (excluding diaryl/α,β-unsaturated/α-hetero) is 1. The summed E-state index contributed by atoms with van der Waals surface area (Å²) < 4.78 is 0. The van der Waals surface area contributed by atoms with Gasteiger partial charge in [-0.1, -0.05) is 35.9 Å². The van der Waals surface area contributed by atoms with Crippen LogP contribution in [0, 0.1) is 21.4 Å². The molecule has 8 heteroatoms. The molecule has 0 saturated heterocycles. The highest BCUT2D eigenvalue weighted by Gasteiger charge is 2.18. The molecule has 7 nitrogen and oxygen atoms in total. The molecule has 0 fully saturated rings. The monoisotopic (exact) mass is 328 g/mol. The van der Waals surface area contributed by atoms with E-state index in [9.17, 15) is 14.9 Å². The maximum atomic E-state index is 12.2. The smallest absolute Gasteiger partial charge is 0.286 e. The van der Waals surface area contributed by atoms with Gasteiger partial charge in [0.25, 0.3) is 5.69 Å². The Kier molecular flexibility index (Phi) is 5.02. The van der Waals surface area contributed by atoms with Crippen LogP contribution in [0.25, 0.3) is 0 Å². The average molecular weight is 329 g/mol. The summed E-state index contributed by atoms with van der Waals surface area (Å²) in [5.74, 6) is -0.677. The van der Waals surface area contributed by atoms with Gasteiger partial charge in [-0.2, -0.15) is 10.4 Å². The van der Waals surface area contributed by atoms with E-state index in [1.807, 2.05) is 0 Å². The predicted octanol–water partition coefficient (Wildman–Crippen LogP) is 3.42. The Labute approximate surface area is 136 Å². The van der Waals surface area contributed by atoms with E-state index in [1.165, 1.54) is 30.3 Å². The summed E-state index contributed by atoms with van der Waals surface area (Å²) in [7, 11) is 0. The van der Waals surface area contributed by atoms with Crippen LogP contribution in [0.3, 0.4) is 0 Å². The lowest BCUT2D eigenvalue weighted by Crippen LogP contribution is -2.15. The highest BCUT2D eigenvalue weighted by Crippen LogP contribution is 2.23. The molecule has 0 aliphatic heterocycles. The van der Waals surface area contributed by atoms with Gasteiger partial charge in [-0.3, -0.25) is 20.3 Å². The molecule has 0 unspecified atom stereocenters. The van der Waals surface area contributed by atoms with Crippen LogP contribution < -0.4 is 5.43 Å². The quantitative estimate of drug-likeness (QED) is 0.391. The third kappa shape index (κ3) is 3.70. The van der Waals surface area contributed by atoms with E-state index in [4.69, 9.17) is 16.9 Å². The number of hydrogen-bond donors (Lipinski definition) is 1. The van der Waals surface area contributed by atoms with E-state index in [2.05, 4.69) is 10.5 Å². The molecule has 2 aromatic carbocycles. The molecule has 0 amide bonds. The van der Waals surface area contributed by atoms with E-state index >= 15 is 0 Å². The van der Waals surface area contributed by atoms with Gasteiger partial charge in [0.15, 0.2) is 0 Å². The molecule has 0 aromatic heterocycles. The van der Waals surface area contributed by atoms with Crippen LogP contribution in [-0.4, -0.2) is 16.4 Å². The summed E-state index contributed by atoms with van der Waals surface area (Å²) in [6.07, 6.45) is 0. The number of carbonyl (C=O) groups is 1. The molecular weight excluding hydrogens is 320 g/mol. The Morgan fingerprint density at radius 1 is 1.22 bits per heavy atom. The van der Waals surface area contributed by atoms with Crippen molar-refractivity contribution in [1.82, 2.24) is 0 Å². The molecule has 0 heterocycles. The van der Waals surface area contributed by atoms with Crippen molar-refractivity contribution < 1.29 is 9.72 Å². The molecule has 0 saturated carbocycles. The lowest BCUT2D eigenvalue weighted by atomic mass is 10.1. The number of nitro benzene ring substituents is 1. The van der Waals surface area contributed by atoms with Crippen molar-refractivity contribution in [3.8, 4) is 6.07 Å². The molecule has 2 aromatic rings. The Balaban J connectivity index is 2.31. The van der Waals surface area contributed by atoms with Gasteiger partial charge < -0.3 is 0 Å². The van der Waals surface area contributed by atoms with Crippen LogP contribution in [-0.2, 0) is 0 Å². The summed E-state index contributed by atoms with van der Waals surface area (Å²) in [4.78, 5) is 22.5. The summed E-state index contributed by atoms with van der Waals surface area (Å²) in [6.45, 7) is 0. The van der Waals surface area contributed by atoms with Crippen LogP contribution in [0.5, 0.6) is 0 Å². The second kappa shape index (κ2) is 7.15. The summed E-state index contributed by atoms with van der Waals surface area (Å²) >= 11 is 5.91. The van der Waals surface area contributed by atoms with Crippen molar-refractivity contribution in [3.63, 3.8) is 0 Å². The molecule has 0 atom stereocenters. The van der Waals surface area contributed by atoms with Crippen LogP contribution in [0.15, 0.2) is 53.6 Å². The first kappa shape index (κ1) is 16.1. The first-order valence-corrected chi connectivity index (χ1v) is 6.69. The number of rotatable bonds is 5. The van der Waals surface area contributed by atoms with Gasteiger partial charge in [0, 0.05) is 11.6 Å². The van der Waals surface area contributed by atoms with Gasteiger partial charge in [-0.25, -0.2) is 0 Å². The van der Waals surface area contributed by atoms with Crippen molar-refractivity contribution in [2.24, 2.45) is 5.10 Å². The molecular formula is C15H9ClN4O3. The molecule has 0 bridgehead atoms. The van der Waals surface area contributed by atoms with Crippen LogP contribution in [0.4, 0.5) is 11.4 Å². The molecule has 114 valence electrons. The van der Waals surface area contributed by atoms with Crippen molar-refractivity contribution in [2.45, 2.75) is 0 Å². The zero-order valence-electron chi connectivity index (χ0n) is 11.6. The largest absolute Gasteiger partial charge is 0.294 e. The molecule has 23 heavy (non-hydrogen) atoms. The van der Waals surface area contributed by atoms with E-state index in [-0.39, 0.29) is 22.0 Å². The number of nitriles is 1. The number of nitrogens with one attached hydrogen (secondary N) is 1. The number of hydrogen-bond acceptors (Lipinski definition) is 6. The number of nitro groups is 1. The maximum Gasteiger partial charge on any atom is 0.294 e. The Hall–Kier alpha value is -3.24. The Morgan fingerprint density at radius 2 is 1.87 bits per heavy atom. The maximum absolute atomic E-state index is 12.2. The highest BCUT2D eigenvalue weighted by molar-refractivity contribution is 6.53. The molecule has 0 aliphatic rings. The van der Waals surface area contributed by atoms with Crippen molar-refractivity contribution >= 4 is 34.5 Å². The third-order valence-corrected chi connectivity index (χ3v) is 3.16. The van der Waals surface area contributed by atoms with Gasteiger partial charge in [0.1, 0.15) is 11.8 Å². The number of benzene rings is 2. The zero-order valence-corrected chi connectivity index (χ0v) is 12.3. The number of carbonyl (C=O) groups excluding carboxylic acids is 1. The van der Waals surface area contributed by atoms with Gasteiger partial charge in [-0.05, 0) is 18.2 Å². The van der Waals surface area contributed by atoms with Crippen molar-refractivity contribution in [2.75, 3.05) is 5.43 Å². The van der Waals surface area contributed by atoms with Gasteiger partial charge in [0.2, 0.25) is 11.5 Å².